The summed E-state index contributed by atoms with van der Waals surface area (Å²) in [5.41, 5.74) is 2.93. The molecule has 6 heteroatoms. The van der Waals surface area contributed by atoms with Crippen molar-refractivity contribution in [3.8, 4) is 11.5 Å². The highest BCUT2D eigenvalue weighted by atomic mass is 16.5. The number of ether oxygens (including phenoxy) is 2. The van der Waals surface area contributed by atoms with Crippen LogP contribution in [-0.4, -0.2) is 30.1 Å². The molecule has 0 spiro atoms. The molecule has 3 aromatic rings. The molecule has 0 radical (unpaired) electrons. The van der Waals surface area contributed by atoms with Gasteiger partial charge in [-0.05, 0) is 30.3 Å². The van der Waals surface area contributed by atoms with Gasteiger partial charge < -0.3 is 19.8 Å². The lowest BCUT2D eigenvalue weighted by Crippen LogP contribution is -2.12. The molecular weight excluding hydrogens is 318 g/mol. The Morgan fingerprint density at radius 1 is 1.08 bits per heavy atom. The highest BCUT2D eigenvalue weighted by molar-refractivity contribution is 6.05. The van der Waals surface area contributed by atoms with E-state index in [0.717, 1.165) is 16.9 Å². The number of nitrogens with one attached hydrogen (secondary N) is 2. The maximum atomic E-state index is 12.6. The van der Waals surface area contributed by atoms with Crippen LogP contribution in [0.3, 0.4) is 0 Å². The number of aromatic amines is 1. The molecule has 2 N–H and O–H groups in total. The fourth-order valence-electron chi connectivity index (χ4n) is 2.52. The molecule has 0 atom stereocenters. The lowest BCUT2D eigenvalue weighted by Gasteiger charge is -2.09. The van der Waals surface area contributed by atoms with E-state index in [4.69, 9.17) is 9.47 Å². The number of benzene rings is 2. The minimum Gasteiger partial charge on any atom is -0.497 e. The van der Waals surface area contributed by atoms with Crippen LogP contribution in [0.25, 0.3) is 11.0 Å². The van der Waals surface area contributed by atoms with Crippen molar-refractivity contribution in [3.63, 3.8) is 0 Å². The summed E-state index contributed by atoms with van der Waals surface area (Å²) in [5.74, 6) is 2.14. The predicted octanol–water partition coefficient (Wildman–Crippen LogP) is 3.96. The number of hydrogen-bond donors (Lipinski definition) is 2. The molecule has 130 valence electrons. The molecule has 3 rings (SSSR count). The summed E-state index contributed by atoms with van der Waals surface area (Å²) in [5, 5.41) is 2.89. The van der Waals surface area contributed by atoms with Gasteiger partial charge >= 0.3 is 0 Å². The van der Waals surface area contributed by atoms with E-state index < -0.39 is 0 Å². The number of anilines is 1. The number of imidazole rings is 1. The Morgan fingerprint density at radius 3 is 2.36 bits per heavy atom. The topological polar surface area (TPSA) is 76.2 Å². The first-order valence-corrected chi connectivity index (χ1v) is 8.04. The number of aromatic nitrogens is 2. The van der Waals surface area contributed by atoms with E-state index in [0.29, 0.717) is 28.7 Å². The minimum atomic E-state index is -0.236. The van der Waals surface area contributed by atoms with Crippen molar-refractivity contribution in [2.45, 2.75) is 19.8 Å². The smallest absolute Gasteiger partial charge is 0.255 e. The fourth-order valence-corrected chi connectivity index (χ4v) is 2.52. The number of hydrogen-bond acceptors (Lipinski definition) is 4. The standard InChI is InChI=1S/C19H21N3O3/c1-11(2)18-21-16-6-5-13(9-17(16)22-18)20-19(23)12-7-14(24-3)10-15(8-12)25-4/h5-11H,1-4H3,(H,20,23)(H,21,22). The van der Waals surface area contributed by atoms with Gasteiger partial charge in [-0.15, -0.1) is 0 Å². The number of fused-ring (bicyclic) bond motifs is 1. The number of carbonyl (C=O) groups excluding carboxylic acids is 1. The van der Waals surface area contributed by atoms with Crippen LogP contribution in [0.1, 0.15) is 35.9 Å². The molecule has 1 heterocycles. The lowest BCUT2D eigenvalue weighted by molar-refractivity contribution is 0.102. The minimum absolute atomic E-state index is 0.236. The largest absolute Gasteiger partial charge is 0.497 e. The van der Waals surface area contributed by atoms with Crippen LogP contribution in [-0.2, 0) is 0 Å². The van der Waals surface area contributed by atoms with Gasteiger partial charge in [0, 0.05) is 23.2 Å². The van der Waals surface area contributed by atoms with Gasteiger partial charge in [0.05, 0.1) is 25.3 Å². The van der Waals surface area contributed by atoms with Gasteiger partial charge in [0.1, 0.15) is 17.3 Å². The van der Waals surface area contributed by atoms with Crippen molar-refractivity contribution < 1.29 is 14.3 Å². The highest BCUT2D eigenvalue weighted by Crippen LogP contribution is 2.24. The first-order valence-electron chi connectivity index (χ1n) is 8.04. The van der Waals surface area contributed by atoms with E-state index in [1.54, 1.807) is 32.4 Å². The molecule has 0 unspecified atom stereocenters. The van der Waals surface area contributed by atoms with E-state index >= 15 is 0 Å². The number of methoxy groups -OCH3 is 2. The van der Waals surface area contributed by atoms with Crippen LogP contribution in [0.2, 0.25) is 0 Å². The Bertz CT molecular complexity index is 893. The molecular formula is C19H21N3O3. The zero-order valence-electron chi connectivity index (χ0n) is 14.7. The van der Waals surface area contributed by atoms with E-state index in [1.807, 2.05) is 18.2 Å². The molecule has 0 fully saturated rings. The maximum absolute atomic E-state index is 12.6. The Labute approximate surface area is 146 Å². The molecule has 6 nitrogen and oxygen atoms in total. The van der Waals surface area contributed by atoms with Crippen molar-refractivity contribution >= 4 is 22.6 Å². The molecule has 0 bridgehead atoms. The van der Waals surface area contributed by atoms with E-state index in [2.05, 4.69) is 29.1 Å². The summed E-state index contributed by atoms with van der Waals surface area (Å²) in [4.78, 5) is 20.4. The Kier molecular flexibility index (Phi) is 4.61. The van der Waals surface area contributed by atoms with Gasteiger partial charge in [-0.1, -0.05) is 13.8 Å². The normalized spacial score (nSPS) is 10.9. The molecule has 1 aromatic heterocycles. The SMILES string of the molecule is COc1cc(OC)cc(C(=O)Nc2ccc3nc(C(C)C)[nH]c3c2)c1. The van der Waals surface area contributed by atoms with Crippen molar-refractivity contribution in [2.24, 2.45) is 0 Å². The molecule has 0 aliphatic rings. The number of amides is 1. The first-order chi connectivity index (χ1) is 12.0. The third-order valence-corrected chi connectivity index (χ3v) is 3.92. The summed E-state index contributed by atoms with van der Waals surface area (Å²) in [6, 6.07) is 10.7. The fraction of sp³-hybridized carbons (Fsp3) is 0.263. The number of carbonyl (C=O) groups is 1. The average molecular weight is 339 g/mol. The van der Waals surface area contributed by atoms with E-state index in [-0.39, 0.29) is 5.91 Å². The van der Waals surface area contributed by atoms with Gasteiger partial charge in [0.15, 0.2) is 0 Å². The Morgan fingerprint density at radius 2 is 1.76 bits per heavy atom. The monoisotopic (exact) mass is 339 g/mol. The third-order valence-electron chi connectivity index (χ3n) is 3.92. The van der Waals surface area contributed by atoms with E-state index in [1.165, 1.54) is 0 Å². The first kappa shape index (κ1) is 16.8. The zero-order chi connectivity index (χ0) is 18.0. The van der Waals surface area contributed by atoms with E-state index in [9.17, 15) is 4.79 Å². The summed E-state index contributed by atoms with van der Waals surface area (Å²) in [7, 11) is 3.10. The van der Waals surface area contributed by atoms with Crippen LogP contribution >= 0.6 is 0 Å². The quantitative estimate of drug-likeness (QED) is 0.738. The Hall–Kier alpha value is -3.02. The second-order valence-corrected chi connectivity index (χ2v) is 6.06. The molecule has 25 heavy (non-hydrogen) atoms. The van der Waals surface area contributed by atoms with Gasteiger partial charge in [-0.2, -0.15) is 0 Å². The van der Waals surface area contributed by atoms with Crippen LogP contribution < -0.4 is 14.8 Å². The van der Waals surface area contributed by atoms with Gasteiger partial charge in [-0.3, -0.25) is 4.79 Å². The average Bonchev–Trinajstić information content (AvgIpc) is 3.04. The lowest BCUT2D eigenvalue weighted by atomic mass is 10.1. The molecule has 0 saturated heterocycles. The predicted molar refractivity (Wildman–Crippen MR) is 97.7 cm³/mol. The second-order valence-electron chi connectivity index (χ2n) is 6.06. The number of H-pyrrole nitrogens is 1. The molecule has 0 saturated carbocycles. The van der Waals surface area contributed by atoms with Crippen molar-refractivity contribution in [3.05, 3.63) is 47.8 Å². The highest BCUT2D eigenvalue weighted by Gasteiger charge is 2.12. The molecule has 1 amide bonds. The maximum Gasteiger partial charge on any atom is 0.255 e. The number of nitrogens with zero attached hydrogens (tertiary/aromatic N) is 1. The van der Waals surface area contributed by atoms with Crippen LogP contribution in [0.4, 0.5) is 5.69 Å². The summed E-state index contributed by atoms with van der Waals surface area (Å²) in [6.07, 6.45) is 0. The van der Waals surface area contributed by atoms with Crippen molar-refractivity contribution in [1.82, 2.24) is 9.97 Å². The second kappa shape index (κ2) is 6.84. The molecule has 0 aliphatic heterocycles. The van der Waals surface area contributed by atoms with Crippen LogP contribution in [0.15, 0.2) is 36.4 Å². The summed E-state index contributed by atoms with van der Waals surface area (Å²) in [6.45, 7) is 4.16. The van der Waals surface area contributed by atoms with Gasteiger partial charge in [0.25, 0.3) is 5.91 Å². The van der Waals surface area contributed by atoms with Gasteiger partial charge in [0.2, 0.25) is 0 Å². The van der Waals surface area contributed by atoms with Crippen LogP contribution in [0.5, 0.6) is 11.5 Å². The zero-order valence-corrected chi connectivity index (χ0v) is 14.7. The third kappa shape index (κ3) is 3.57. The summed E-state index contributed by atoms with van der Waals surface area (Å²) >= 11 is 0. The molecule has 0 aliphatic carbocycles. The number of rotatable bonds is 5. The van der Waals surface area contributed by atoms with Gasteiger partial charge in [-0.25, -0.2) is 4.98 Å². The summed E-state index contributed by atoms with van der Waals surface area (Å²) < 4.78 is 10.4. The van der Waals surface area contributed by atoms with Crippen LogP contribution in [0, 0.1) is 0 Å². The Balaban J connectivity index is 1.86. The molecule has 2 aromatic carbocycles. The van der Waals surface area contributed by atoms with Crippen molar-refractivity contribution in [2.75, 3.05) is 19.5 Å². The van der Waals surface area contributed by atoms with Crippen molar-refractivity contribution in [1.29, 1.82) is 0 Å².